The van der Waals surface area contributed by atoms with E-state index in [2.05, 4.69) is 25.2 Å². The maximum absolute atomic E-state index is 13.2. The number of halogens is 5. The first kappa shape index (κ1) is 24.8. The van der Waals surface area contributed by atoms with Gasteiger partial charge in [0.2, 0.25) is 11.5 Å². The maximum atomic E-state index is 13.2. The minimum Gasteiger partial charge on any atom is -0.434 e. The van der Waals surface area contributed by atoms with Crippen molar-refractivity contribution < 1.29 is 40.7 Å². The van der Waals surface area contributed by atoms with Gasteiger partial charge in [-0.25, -0.2) is 4.79 Å². The lowest BCUT2D eigenvalue weighted by atomic mass is 9.89. The number of nitrogens with one attached hydrogen (secondary N) is 1. The van der Waals surface area contributed by atoms with Gasteiger partial charge in [0.1, 0.15) is 0 Å². The Bertz CT molecular complexity index is 1120. The van der Waals surface area contributed by atoms with Gasteiger partial charge in [-0.2, -0.15) is 22.0 Å². The van der Waals surface area contributed by atoms with Gasteiger partial charge in [-0.15, -0.1) is 10.2 Å². The van der Waals surface area contributed by atoms with E-state index in [9.17, 15) is 31.5 Å². The van der Waals surface area contributed by atoms with Crippen LogP contribution < -0.4 is 5.32 Å². The van der Waals surface area contributed by atoms with Crippen LogP contribution in [0.2, 0.25) is 0 Å². The number of ether oxygens (including phenoxy) is 1. The lowest BCUT2D eigenvalue weighted by molar-refractivity contribution is -0.244. The minimum atomic E-state index is -4.75. The van der Waals surface area contributed by atoms with Crippen LogP contribution in [0.25, 0.3) is 11.5 Å². The average molecular weight is 503 g/mol. The zero-order valence-corrected chi connectivity index (χ0v) is 18.7. The molecule has 9 nitrogen and oxygen atoms in total. The molecule has 2 aromatic rings. The molecular weight excluding hydrogens is 481 g/mol. The van der Waals surface area contributed by atoms with Gasteiger partial charge in [0.05, 0.1) is 35.4 Å². The summed E-state index contributed by atoms with van der Waals surface area (Å²) in [5, 5.41) is 9.31. The Kier molecular flexibility index (Phi) is 6.40. The van der Waals surface area contributed by atoms with Crippen LogP contribution in [0.3, 0.4) is 0 Å². The molecule has 0 bridgehead atoms. The highest BCUT2D eigenvalue weighted by atomic mass is 19.4. The molecule has 0 saturated heterocycles. The number of amides is 2. The normalized spacial score (nSPS) is 20.8. The number of aromatic nitrogens is 3. The lowest BCUT2D eigenvalue weighted by Gasteiger charge is -2.38. The van der Waals surface area contributed by atoms with Crippen LogP contribution in [0, 0.1) is 0 Å². The van der Waals surface area contributed by atoms with Gasteiger partial charge in [0.15, 0.2) is 0 Å². The molecule has 2 aliphatic rings. The second-order valence-corrected chi connectivity index (χ2v) is 8.90. The van der Waals surface area contributed by atoms with Crippen LogP contribution in [0.5, 0.6) is 0 Å². The Labute approximate surface area is 196 Å². The van der Waals surface area contributed by atoms with Gasteiger partial charge in [0, 0.05) is 6.20 Å². The minimum absolute atomic E-state index is 0.118. The fraction of sp³-hybridized carbons (Fsp3) is 0.571. The first-order valence-corrected chi connectivity index (χ1v) is 10.9. The average Bonchev–Trinajstić information content (AvgIpc) is 3.38. The predicted molar refractivity (Wildman–Crippen MR) is 108 cm³/mol. The molecule has 1 aliphatic carbocycles. The van der Waals surface area contributed by atoms with Crippen LogP contribution >= 0.6 is 0 Å². The Morgan fingerprint density at radius 2 is 1.94 bits per heavy atom. The first-order chi connectivity index (χ1) is 16.4. The van der Waals surface area contributed by atoms with Gasteiger partial charge in [0.25, 0.3) is 11.8 Å². The van der Waals surface area contributed by atoms with Crippen molar-refractivity contribution in [1.29, 1.82) is 0 Å². The number of hydrogen-bond acceptors (Lipinski definition) is 7. The SMILES string of the molecule is CC(C)(OC(=O)N[C@@H]1CCCCC1N1Cc2ncc(-c3nnc(C(F)F)o3)cc2C1=O)C(F)(F)F. The maximum Gasteiger partial charge on any atom is 0.427 e. The molecular formula is C21H22F5N5O4. The summed E-state index contributed by atoms with van der Waals surface area (Å²) in [6.07, 6.45) is -5.16. The number of carbonyl (C=O) groups is 2. The van der Waals surface area contributed by atoms with Crippen molar-refractivity contribution in [3.05, 3.63) is 29.4 Å². The molecule has 0 radical (unpaired) electrons. The fourth-order valence-electron chi connectivity index (χ4n) is 4.14. The number of pyridine rings is 1. The zero-order valence-electron chi connectivity index (χ0n) is 18.7. The third-order valence-electron chi connectivity index (χ3n) is 6.12. The Morgan fingerprint density at radius 1 is 1.23 bits per heavy atom. The number of rotatable bonds is 5. The van der Waals surface area contributed by atoms with Crippen LogP contribution in [0.1, 0.15) is 67.9 Å². The van der Waals surface area contributed by atoms with E-state index in [1.165, 1.54) is 17.2 Å². The summed E-state index contributed by atoms with van der Waals surface area (Å²) in [5.41, 5.74) is -1.85. The third kappa shape index (κ3) is 4.91. The number of hydrogen-bond donors (Lipinski definition) is 1. The predicted octanol–water partition coefficient (Wildman–Crippen LogP) is 4.40. The summed E-state index contributed by atoms with van der Waals surface area (Å²) in [4.78, 5) is 31.2. The Hall–Kier alpha value is -3.32. The lowest BCUT2D eigenvalue weighted by Crippen LogP contribution is -2.55. The number of alkyl carbamates (subject to hydrolysis) is 1. The van der Waals surface area contributed by atoms with Crippen LogP contribution in [-0.4, -0.2) is 55.9 Å². The topological polar surface area (TPSA) is 110 Å². The summed E-state index contributed by atoms with van der Waals surface area (Å²) in [6.45, 7) is 1.62. The van der Waals surface area contributed by atoms with Gasteiger partial charge in [-0.05, 0) is 32.8 Å². The number of alkyl halides is 5. The largest absolute Gasteiger partial charge is 0.434 e. The van der Waals surface area contributed by atoms with E-state index in [4.69, 9.17) is 4.42 Å². The molecule has 0 spiro atoms. The molecule has 2 amide bonds. The summed E-state index contributed by atoms with van der Waals surface area (Å²) in [7, 11) is 0. The molecule has 4 rings (SSSR count). The molecule has 0 aromatic carbocycles. The van der Waals surface area contributed by atoms with Crippen molar-refractivity contribution in [2.24, 2.45) is 0 Å². The zero-order chi connectivity index (χ0) is 25.5. The van der Waals surface area contributed by atoms with E-state index in [1.54, 1.807) is 0 Å². The highest BCUT2D eigenvalue weighted by molar-refractivity contribution is 5.99. The second kappa shape index (κ2) is 9.04. The number of carbonyl (C=O) groups excluding carboxylic acids is 2. The van der Waals surface area contributed by atoms with Gasteiger partial charge in [-0.3, -0.25) is 9.78 Å². The molecule has 1 unspecified atom stereocenters. The molecule has 1 fully saturated rings. The summed E-state index contributed by atoms with van der Waals surface area (Å²) in [5.74, 6) is -1.48. The highest BCUT2D eigenvalue weighted by Crippen LogP contribution is 2.35. The van der Waals surface area contributed by atoms with Crippen LogP contribution in [-0.2, 0) is 11.3 Å². The van der Waals surface area contributed by atoms with E-state index in [-0.39, 0.29) is 23.6 Å². The van der Waals surface area contributed by atoms with Crippen LogP contribution in [0.15, 0.2) is 16.7 Å². The van der Waals surface area contributed by atoms with Crippen LogP contribution in [0.4, 0.5) is 26.7 Å². The van der Waals surface area contributed by atoms with E-state index < -0.39 is 48.2 Å². The van der Waals surface area contributed by atoms with Gasteiger partial charge >= 0.3 is 18.7 Å². The third-order valence-corrected chi connectivity index (χ3v) is 6.12. The molecule has 1 aliphatic heterocycles. The Balaban J connectivity index is 1.49. The summed E-state index contributed by atoms with van der Waals surface area (Å²) in [6, 6.07) is 0.297. The standard InChI is InChI=1S/C21H22F5N5O4/c1-20(2,21(24,25)26)35-19(33)28-12-5-3-4-6-14(12)31-9-13-11(18(31)32)7-10(8-27-13)16-29-30-17(34-16)15(22)23/h7-8,12,14-15H,3-6,9H2,1-2H3,(H,28,33)/t12-,14?/m1/s1. The molecule has 190 valence electrons. The van der Waals surface area contributed by atoms with Crippen molar-refractivity contribution in [2.75, 3.05) is 0 Å². The number of nitrogens with zero attached hydrogens (tertiary/aromatic N) is 4. The summed E-state index contributed by atoms with van der Waals surface area (Å²) >= 11 is 0. The molecule has 1 N–H and O–H groups in total. The van der Waals surface area contributed by atoms with E-state index in [0.717, 1.165) is 20.3 Å². The molecule has 35 heavy (non-hydrogen) atoms. The van der Waals surface area contributed by atoms with Gasteiger partial charge < -0.3 is 19.4 Å². The monoisotopic (exact) mass is 503 g/mol. The van der Waals surface area contributed by atoms with Crippen molar-refractivity contribution in [2.45, 2.75) is 76.4 Å². The number of fused-ring (bicyclic) bond motifs is 1. The van der Waals surface area contributed by atoms with E-state index in [1.807, 2.05) is 0 Å². The fourth-order valence-corrected chi connectivity index (χ4v) is 4.14. The molecule has 3 heterocycles. The smallest absolute Gasteiger partial charge is 0.427 e. The molecule has 14 heteroatoms. The molecule has 2 atom stereocenters. The van der Waals surface area contributed by atoms with Gasteiger partial charge in [-0.1, -0.05) is 12.8 Å². The first-order valence-electron chi connectivity index (χ1n) is 10.9. The highest BCUT2D eigenvalue weighted by Gasteiger charge is 2.51. The molecule has 1 saturated carbocycles. The molecule has 2 aromatic heterocycles. The summed E-state index contributed by atoms with van der Waals surface area (Å²) < 4.78 is 74.3. The van der Waals surface area contributed by atoms with Crippen molar-refractivity contribution in [3.63, 3.8) is 0 Å². The van der Waals surface area contributed by atoms with Crippen molar-refractivity contribution >= 4 is 12.0 Å². The second-order valence-electron chi connectivity index (χ2n) is 8.90. The quantitative estimate of drug-likeness (QED) is 0.602. The van der Waals surface area contributed by atoms with Crippen molar-refractivity contribution in [1.82, 2.24) is 25.4 Å². The van der Waals surface area contributed by atoms with E-state index in [0.29, 0.717) is 25.0 Å². The Morgan fingerprint density at radius 3 is 2.60 bits per heavy atom. The van der Waals surface area contributed by atoms with Crippen molar-refractivity contribution in [3.8, 4) is 11.5 Å². The van der Waals surface area contributed by atoms with E-state index >= 15 is 0 Å².